The van der Waals surface area contributed by atoms with E-state index in [0.717, 1.165) is 50.2 Å². The Morgan fingerprint density at radius 2 is 1.69 bits per heavy atom. The first-order chi connectivity index (χ1) is 20.0. The van der Waals surface area contributed by atoms with Gasteiger partial charge in [-0.05, 0) is 67.8 Å². The van der Waals surface area contributed by atoms with Crippen molar-refractivity contribution in [2.75, 3.05) is 42.3 Å². The molecule has 0 aliphatic carbocycles. The molecular weight excluding hydrogens is 569 g/mol. The summed E-state index contributed by atoms with van der Waals surface area (Å²) in [4.78, 5) is 35.3. The number of carbonyl (C=O) groups is 2. The molecule has 1 fully saturated rings. The lowest BCUT2D eigenvalue weighted by Gasteiger charge is -2.29. The van der Waals surface area contributed by atoms with E-state index in [9.17, 15) is 22.8 Å². The quantitative estimate of drug-likeness (QED) is 0.246. The van der Waals surface area contributed by atoms with Crippen molar-refractivity contribution in [2.24, 2.45) is 0 Å². The molecule has 12 heteroatoms. The number of hydrogen-bond donors (Lipinski definition) is 1. The zero-order chi connectivity index (χ0) is 30.0. The van der Waals surface area contributed by atoms with E-state index in [4.69, 9.17) is 11.6 Å². The van der Waals surface area contributed by atoms with Gasteiger partial charge in [-0.1, -0.05) is 11.6 Å². The van der Waals surface area contributed by atoms with Crippen molar-refractivity contribution in [3.8, 4) is 5.69 Å². The lowest BCUT2D eigenvalue weighted by Crippen LogP contribution is -2.29. The first-order valence-corrected chi connectivity index (χ1v) is 13.7. The molecule has 1 aliphatic heterocycles. The van der Waals surface area contributed by atoms with Gasteiger partial charge in [0.1, 0.15) is 5.82 Å². The van der Waals surface area contributed by atoms with Crippen LogP contribution in [0, 0.1) is 0 Å². The number of carbonyl (C=O) groups excluding carboxylic acids is 2. The summed E-state index contributed by atoms with van der Waals surface area (Å²) in [7, 11) is 3.63. The van der Waals surface area contributed by atoms with Gasteiger partial charge in [-0.25, -0.2) is 9.67 Å². The molecule has 5 rings (SSSR count). The Balaban J connectivity index is 1.49. The van der Waals surface area contributed by atoms with Crippen LogP contribution >= 0.6 is 11.6 Å². The third-order valence-electron chi connectivity index (χ3n) is 7.05. The van der Waals surface area contributed by atoms with Crippen LogP contribution < -0.4 is 15.1 Å². The number of hydrogen-bond acceptors (Lipinski definition) is 6. The van der Waals surface area contributed by atoms with E-state index in [0.29, 0.717) is 17.1 Å². The topological polar surface area (TPSA) is 83.4 Å². The van der Waals surface area contributed by atoms with Gasteiger partial charge in [-0.3, -0.25) is 9.59 Å². The predicted octanol–water partition coefficient (Wildman–Crippen LogP) is 6.48. The van der Waals surface area contributed by atoms with Gasteiger partial charge in [0.25, 0.3) is 5.91 Å². The summed E-state index contributed by atoms with van der Waals surface area (Å²) in [5.41, 5.74) is 0.975. The standard InChI is InChI=1S/C30H28ClF3N6O2/c1-38(2)27-14-19(10-11-35-27)29(42)37-26-9-7-21(39-12-4-3-5-13-39)15-23(26)28(41)20-17-36-40(18-20)22-6-8-25(31)24(16-22)30(32,33)34/h6-11,14-18H,3-5,12-13H2,1-2H3,(H,37,42). The number of nitrogens with zero attached hydrogens (tertiary/aromatic N) is 5. The Bertz CT molecular complexity index is 1630. The molecule has 1 N–H and O–H groups in total. The number of nitrogens with one attached hydrogen (secondary N) is 1. The van der Waals surface area contributed by atoms with E-state index in [1.165, 1.54) is 29.3 Å². The summed E-state index contributed by atoms with van der Waals surface area (Å²) in [6, 6.07) is 11.9. The first kappa shape index (κ1) is 29.1. The fraction of sp³-hybridized carbons (Fsp3) is 0.267. The molecule has 2 aromatic heterocycles. The van der Waals surface area contributed by atoms with Crippen LogP contribution in [0.4, 0.5) is 30.4 Å². The lowest BCUT2D eigenvalue weighted by atomic mass is 10.0. The van der Waals surface area contributed by atoms with Crippen LogP contribution in [0.15, 0.2) is 67.1 Å². The van der Waals surface area contributed by atoms with E-state index < -0.39 is 28.5 Å². The van der Waals surface area contributed by atoms with Crippen molar-refractivity contribution < 1.29 is 22.8 Å². The van der Waals surface area contributed by atoms with Gasteiger partial charge < -0.3 is 15.1 Å². The molecule has 1 aliphatic rings. The lowest BCUT2D eigenvalue weighted by molar-refractivity contribution is -0.137. The highest BCUT2D eigenvalue weighted by Gasteiger charge is 2.33. The Labute approximate surface area is 245 Å². The van der Waals surface area contributed by atoms with Gasteiger partial charge >= 0.3 is 6.18 Å². The van der Waals surface area contributed by atoms with Crippen LogP contribution in [-0.2, 0) is 6.18 Å². The van der Waals surface area contributed by atoms with Gasteiger partial charge in [0.2, 0.25) is 0 Å². The second-order valence-corrected chi connectivity index (χ2v) is 10.6. The van der Waals surface area contributed by atoms with E-state index in [1.54, 1.807) is 29.2 Å². The Morgan fingerprint density at radius 1 is 0.952 bits per heavy atom. The van der Waals surface area contributed by atoms with E-state index >= 15 is 0 Å². The highest BCUT2D eigenvalue weighted by molar-refractivity contribution is 6.31. The minimum Gasteiger partial charge on any atom is -0.372 e. The number of amides is 1. The van der Waals surface area contributed by atoms with Crippen LogP contribution in [0.3, 0.4) is 0 Å². The van der Waals surface area contributed by atoms with Crippen LogP contribution in [-0.4, -0.2) is 53.6 Å². The van der Waals surface area contributed by atoms with Gasteiger partial charge in [0.15, 0.2) is 5.78 Å². The van der Waals surface area contributed by atoms with Gasteiger partial charge in [0.05, 0.1) is 33.7 Å². The summed E-state index contributed by atoms with van der Waals surface area (Å²) < 4.78 is 41.4. The molecule has 42 heavy (non-hydrogen) atoms. The maximum atomic E-state index is 13.8. The Hall–Kier alpha value is -4.38. The molecule has 218 valence electrons. The van der Waals surface area contributed by atoms with Gasteiger partial charge in [-0.15, -0.1) is 0 Å². The number of piperidine rings is 1. The molecule has 0 bridgehead atoms. The van der Waals surface area contributed by atoms with Crippen LogP contribution in [0.25, 0.3) is 5.69 Å². The summed E-state index contributed by atoms with van der Waals surface area (Å²) in [6.07, 6.45) is 2.73. The normalized spacial score (nSPS) is 13.6. The van der Waals surface area contributed by atoms with Crippen LogP contribution in [0.2, 0.25) is 5.02 Å². The largest absolute Gasteiger partial charge is 0.417 e. The van der Waals surface area contributed by atoms with Crippen molar-refractivity contribution >= 4 is 40.5 Å². The van der Waals surface area contributed by atoms with Crippen molar-refractivity contribution in [2.45, 2.75) is 25.4 Å². The molecule has 4 aromatic rings. The summed E-state index contributed by atoms with van der Waals surface area (Å²) in [5, 5.41) is 6.56. The second-order valence-electron chi connectivity index (χ2n) is 10.2. The Morgan fingerprint density at radius 3 is 2.40 bits per heavy atom. The molecule has 3 heterocycles. The van der Waals surface area contributed by atoms with Crippen molar-refractivity contribution in [3.05, 3.63) is 94.4 Å². The summed E-state index contributed by atoms with van der Waals surface area (Å²) >= 11 is 5.76. The molecule has 1 amide bonds. The minimum absolute atomic E-state index is 0.0933. The number of pyridine rings is 1. The predicted molar refractivity (Wildman–Crippen MR) is 156 cm³/mol. The average molecular weight is 597 g/mol. The van der Waals surface area contributed by atoms with Gasteiger partial charge in [-0.2, -0.15) is 18.3 Å². The molecular formula is C30H28ClF3N6O2. The third-order valence-corrected chi connectivity index (χ3v) is 7.38. The number of ketones is 1. The average Bonchev–Trinajstić information content (AvgIpc) is 3.47. The number of benzene rings is 2. The SMILES string of the molecule is CN(C)c1cc(C(=O)Nc2ccc(N3CCCCC3)cc2C(=O)c2cnn(-c3ccc(Cl)c(C(F)(F)F)c3)c2)ccn1. The fourth-order valence-electron chi connectivity index (χ4n) is 4.79. The second kappa shape index (κ2) is 11.8. The number of aromatic nitrogens is 3. The maximum absolute atomic E-state index is 13.8. The highest BCUT2D eigenvalue weighted by atomic mass is 35.5. The number of anilines is 3. The zero-order valence-corrected chi connectivity index (χ0v) is 23.7. The molecule has 0 saturated carbocycles. The minimum atomic E-state index is -4.65. The number of halogens is 4. The number of rotatable bonds is 7. The fourth-order valence-corrected chi connectivity index (χ4v) is 5.01. The van der Waals surface area contributed by atoms with Crippen molar-refractivity contribution in [1.29, 1.82) is 0 Å². The molecule has 2 aromatic carbocycles. The van der Waals surface area contributed by atoms with Crippen molar-refractivity contribution in [1.82, 2.24) is 14.8 Å². The van der Waals surface area contributed by atoms with E-state index in [1.807, 2.05) is 20.2 Å². The summed E-state index contributed by atoms with van der Waals surface area (Å²) in [6.45, 7) is 1.69. The molecule has 0 spiro atoms. The van der Waals surface area contributed by atoms with Gasteiger partial charge in [0, 0.05) is 56.4 Å². The molecule has 0 radical (unpaired) electrons. The maximum Gasteiger partial charge on any atom is 0.417 e. The smallest absolute Gasteiger partial charge is 0.372 e. The van der Waals surface area contributed by atoms with E-state index in [-0.39, 0.29) is 16.8 Å². The van der Waals surface area contributed by atoms with Crippen LogP contribution in [0.1, 0.15) is 51.1 Å². The van der Waals surface area contributed by atoms with Crippen LogP contribution in [0.5, 0.6) is 0 Å². The number of alkyl halides is 3. The molecule has 1 saturated heterocycles. The third kappa shape index (κ3) is 6.25. The molecule has 8 nitrogen and oxygen atoms in total. The zero-order valence-electron chi connectivity index (χ0n) is 23.0. The summed E-state index contributed by atoms with van der Waals surface area (Å²) in [5.74, 6) is -0.261. The van der Waals surface area contributed by atoms with E-state index in [2.05, 4.69) is 20.3 Å². The molecule has 0 unspecified atom stereocenters. The Kier molecular flexibility index (Phi) is 8.22. The van der Waals surface area contributed by atoms with Crippen molar-refractivity contribution in [3.63, 3.8) is 0 Å². The molecule has 0 atom stereocenters. The first-order valence-electron chi connectivity index (χ1n) is 13.3. The monoisotopic (exact) mass is 596 g/mol. The highest BCUT2D eigenvalue weighted by Crippen LogP contribution is 2.36.